The minimum atomic E-state index is -2.91. The molecule has 0 bridgehead atoms. The van der Waals surface area contributed by atoms with E-state index in [2.05, 4.69) is 100 Å². The molecule has 6 nitrogen and oxygen atoms in total. The van der Waals surface area contributed by atoms with Gasteiger partial charge in [0, 0.05) is 6.54 Å². The van der Waals surface area contributed by atoms with Crippen molar-refractivity contribution in [3.8, 4) is 11.5 Å². The Kier molecular flexibility index (Phi) is 11.1. The Labute approximate surface area is 278 Å². The molecule has 0 radical (unpaired) electrons. The van der Waals surface area contributed by atoms with E-state index in [0.717, 1.165) is 5.56 Å². The zero-order valence-corrected chi connectivity index (χ0v) is 31.1. The maximum atomic E-state index is 13.9. The van der Waals surface area contributed by atoms with E-state index < -0.39 is 40.2 Å². The number of ether oxygens (including phenoxy) is 1. The second-order valence-electron chi connectivity index (χ2n) is 15.4. The van der Waals surface area contributed by atoms with Crippen molar-refractivity contribution in [2.24, 2.45) is 0 Å². The van der Waals surface area contributed by atoms with Crippen LogP contribution in [-0.4, -0.2) is 68.0 Å². The third-order valence-electron chi connectivity index (χ3n) is 8.16. The van der Waals surface area contributed by atoms with Crippen molar-refractivity contribution >= 4 is 32.9 Å². The van der Waals surface area contributed by atoms with Crippen molar-refractivity contribution < 1.29 is 19.2 Å². The van der Waals surface area contributed by atoms with Crippen LogP contribution in [0, 0.1) is 11.5 Å². The van der Waals surface area contributed by atoms with Crippen LogP contribution in [0.3, 0.4) is 0 Å². The highest BCUT2D eigenvalue weighted by atomic mass is 28.4. The van der Waals surface area contributed by atoms with Gasteiger partial charge in [-0.25, -0.2) is 4.79 Å². The van der Waals surface area contributed by atoms with Gasteiger partial charge in [0.15, 0.2) is 0 Å². The zero-order chi connectivity index (χ0) is 33.8. The third kappa shape index (κ3) is 8.78. The lowest BCUT2D eigenvalue weighted by molar-refractivity contribution is -0.133. The van der Waals surface area contributed by atoms with Crippen molar-refractivity contribution in [1.82, 2.24) is 9.96 Å². The molecule has 3 aromatic rings. The average molecular weight is 657 g/mol. The van der Waals surface area contributed by atoms with Gasteiger partial charge in [0.25, 0.3) is 8.32 Å². The smallest absolute Gasteiger partial charge is 0.410 e. The van der Waals surface area contributed by atoms with Gasteiger partial charge < -0.3 is 14.4 Å². The second-order valence-corrected chi connectivity index (χ2v) is 24.4. The van der Waals surface area contributed by atoms with Crippen molar-refractivity contribution in [3.63, 3.8) is 0 Å². The molecule has 1 aliphatic heterocycles. The van der Waals surface area contributed by atoms with Crippen LogP contribution in [0.5, 0.6) is 0 Å². The minimum Gasteiger partial charge on any atom is -0.444 e. The molecule has 1 amide bonds. The number of rotatable bonds is 8. The predicted molar refractivity (Wildman–Crippen MR) is 193 cm³/mol. The number of likely N-dealkylation sites (tertiary alicyclic amines) is 1. The third-order valence-corrected chi connectivity index (χ3v) is 14.1. The predicted octanol–water partition coefficient (Wildman–Crippen LogP) is 7.08. The number of carbonyl (C=O) groups is 1. The molecule has 1 saturated heterocycles. The van der Waals surface area contributed by atoms with Gasteiger partial charge in [-0.1, -0.05) is 137 Å². The fourth-order valence-corrected chi connectivity index (χ4v) is 11.5. The van der Waals surface area contributed by atoms with E-state index >= 15 is 0 Å². The van der Waals surface area contributed by atoms with Gasteiger partial charge in [-0.05, 0) is 48.2 Å². The molecule has 4 rings (SSSR count). The molecule has 0 aliphatic carbocycles. The van der Waals surface area contributed by atoms with Gasteiger partial charge >= 0.3 is 6.09 Å². The molecule has 0 saturated carbocycles. The fourth-order valence-electron chi connectivity index (χ4n) is 6.21. The minimum absolute atomic E-state index is 0.224. The van der Waals surface area contributed by atoms with Crippen molar-refractivity contribution in [1.29, 1.82) is 0 Å². The van der Waals surface area contributed by atoms with E-state index in [0.29, 0.717) is 13.0 Å². The first-order valence-corrected chi connectivity index (χ1v) is 21.7. The van der Waals surface area contributed by atoms with Gasteiger partial charge in [0.05, 0.1) is 18.7 Å². The molecule has 1 N–H and O–H groups in total. The van der Waals surface area contributed by atoms with Crippen LogP contribution < -0.4 is 10.4 Å². The lowest BCUT2D eigenvalue weighted by atomic mass is 10.0. The van der Waals surface area contributed by atoms with E-state index in [1.807, 2.05) is 63.2 Å². The lowest BCUT2D eigenvalue weighted by Gasteiger charge is -2.44. The number of carbonyl (C=O) groups excluding carboxylic acids is 1. The molecular weight excluding hydrogens is 605 g/mol. The average Bonchev–Trinajstić information content (AvgIpc) is 3.39. The summed E-state index contributed by atoms with van der Waals surface area (Å²) in [6.07, 6.45) is -0.204. The number of hydroxylamine groups is 2. The Bertz CT molecular complexity index is 1450. The van der Waals surface area contributed by atoms with Gasteiger partial charge in [-0.2, -0.15) is 5.06 Å². The molecule has 246 valence electrons. The van der Waals surface area contributed by atoms with Crippen LogP contribution >= 0.6 is 0 Å². The Morgan fingerprint density at radius 2 is 1.39 bits per heavy atom. The summed E-state index contributed by atoms with van der Waals surface area (Å²) in [5.74, 6) is 3.44. The Morgan fingerprint density at radius 3 is 1.85 bits per heavy atom. The molecule has 0 unspecified atom stereocenters. The summed E-state index contributed by atoms with van der Waals surface area (Å²) in [4.78, 5) is 15.7. The number of amides is 1. The first-order chi connectivity index (χ1) is 21.5. The van der Waals surface area contributed by atoms with Crippen LogP contribution in [0.2, 0.25) is 24.7 Å². The summed E-state index contributed by atoms with van der Waals surface area (Å²) in [6.45, 7) is 19.6. The van der Waals surface area contributed by atoms with Crippen LogP contribution in [0.15, 0.2) is 91.0 Å². The van der Waals surface area contributed by atoms with Crippen LogP contribution in [0.1, 0.15) is 53.5 Å². The van der Waals surface area contributed by atoms with Gasteiger partial charge in [-0.3, -0.25) is 4.90 Å². The maximum absolute atomic E-state index is 13.9. The van der Waals surface area contributed by atoms with Gasteiger partial charge in [0.2, 0.25) is 0 Å². The van der Waals surface area contributed by atoms with E-state index in [1.165, 1.54) is 15.4 Å². The van der Waals surface area contributed by atoms with E-state index in [1.54, 1.807) is 4.90 Å². The quantitative estimate of drug-likeness (QED) is 0.160. The SMILES string of the molecule is CC(C)(C)OC(=O)N1C[C@H](O[Si](c2ccccc2)(c2ccccc2)C(C)(C)C)C[C@H]1[C@H](C#C[Si](C)(C)C)N(O)Cc1ccccc1. The molecule has 3 atom stereocenters. The summed E-state index contributed by atoms with van der Waals surface area (Å²) in [5, 5.41) is 15.1. The van der Waals surface area contributed by atoms with Gasteiger partial charge in [-0.15, -0.1) is 5.54 Å². The maximum Gasteiger partial charge on any atom is 0.410 e. The first kappa shape index (κ1) is 35.7. The van der Waals surface area contributed by atoms with Crippen molar-refractivity contribution in [3.05, 3.63) is 96.6 Å². The molecule has 0 aromatic heterocycles. The number of benzene rings is 3. The highest BCUT2D eigenvalue weighted by molar-refractivity contribution is 6.99. The topological polar surface area (TPSA) is 62.2 Å². The van der Waals surface area contributed by atoms with Crippen molar-refractivity contribution in [2.45, 2.75) is 103 Å². The Morgan fingerprint density at radius 1 is 0.891 bits per heavy atom. The molecule has 1 heterocycles. The number of hydrogen-bond donors (Lipinski definition) is 1. The summed E-state index contributed by atoms with van der Waals surface area (Å²) in [5.41, 5.74) is 3.77. The number of hydrogen-bond acceptors (Lipinski definition) is 5. The Balaban J connectivity index is 1.81. The van der Waals surface area contributed by atoms with Crippen molar-refractivity contribution in [2.75, 3.05) is 6.54 Å². The normalized spacial score (nSPS) is 18.2. The first-order valence-electron chi connectivity index (χ1n) is 16.3. The highest BCUT2D eigenvalue weighted by Gasteiger charge is 2.54. The molecule has 0 spiro atoms. The summed E-state index contributed by atoms with van der Waals surface area (Å²) in [6, 6.07) is 29.9. The van der Waals surface area contributed by atoms with E-state index in [-0.39, 0.29) is 17.7 Å². The van der Waals surface area contributed by atoms with Crippen LogP contribution in [-0.2, 0) is 15.7 Å². The Hall–Kier alpha value is -3.20. The summed E-state index contributed by atoms with van der Waals surface area (Å²) in [7, 11) is -4.73. The highest BCUT2D eigenvalue weighted by Crippen LogP contribution is 2.40. The summed E-state index contributed by atoms with van der Waals surface area (Å²) >= 11 is 0. The molecule has 46 heavy (non-hydrogen) atoms. The molecule has 8 heteroatoms. The monoisotopic (exact) mass is 656 g/mol. The summed E-state index contributed by atoms with van der Waals surface area (Å²) < 4.78 is 13.5. The molecular formula is C38H52N2O4Si2. The molecule has 1 aliphatic rings. The standard InChI is InChI=1S/C38H52N2O4Si2/c1-37(2,3)43-36(41)39-29-31(27-35(39)34(25-26-45(7,8)9)40(42)28-30-19-13-10-14-20-30)44-46(38(4,5)6,32-21-15-11-16-22-32)33-23-17-12-18-24-33/h10-24,31,34-35,42H,27-29H2,1-9H3/t31-,34+,35+/m1/s1. The van der Waals surface area contributed by atoms with Crippen LogP contribution in [0.25, 0.3) is 0 Å². The zero-order valence-electron chi connectivity index (χ0n) is 29.1. The second kappa shape index (κ2) is 14.3. The van der Waals surface area contributed by atoms with E-state index in [4.69, 9.17) is 9.16 Å². The number of nitrogens with zero attached hydrogens (tertiary/aromatic N) is 2. The van der Waals surface area contributed by atoms with E-state index in [9.17, 15) is 10.0 Å². The molecule has 3 aromatic carbocycles. The lowest BCUT2D eigenvalue weighted by Crippen LogP contribution is -2.67. The largest absolute Gasteiger partial charge is 0.444 e. The van der Waals surface area contributed by atoms with Gasteiger partial charge in [0.1, 0.15) is 19.7 Å². The van der Waals surface area contributed by atoms with Crippen LogP contribution in [0.4, 0.5) is 4.79 Å². The fraction of sp³-hybridized carbons (Fsp3) is 0.447. The molecule has 1 fully saturated rings.